The van der Waals surface area contributed by atoms with Gasteiger partial charge in [-0.25, -0.2) is 17.8 Å². The second kappa shape index (κ2) is 4.28. The average Bonchev–Trinajstić information content (AvgIpc) is 3.19. The zero-order valence-electron chi connectivity index (χ0n) is 9.92. The van der Waals surface area contributed by atoms with E-state index in [-0.39, 0.29) is 6.04 Å². The van der Waals surface area contributed by atoms with Crippen molar-refractivity contribution < 1.29 is 12.8 Å². The molecule has 0 amide bonds. The molecule has 98 valence electrons. The molecule has 0 aliphatic heterocycles. The Hall–Kier alpha value is -1.01. The lowest BCUT2D eigenvalue weighted by Gasteiger charge is -2.21. The van der Waals surface area contributed by atoms with Crippen LogP contribution >= 0.6 is 0 Å². The number of rotatable bonds is 5. The Labute approximate surface area is 106 Å². The predicted octanol–water partition coefficient (Wildman–Crippen LogP) is 1.78. The Balaban J connectivity index is 1.93. The van der Waals surface area contributed by atoms with Gasteiger partial charge in [-0.3, -0.25) is 0 Å². The fourth-order valence-corrected chi connectivity index (χ4v) is 3.77. The molecule has 1 aromatic rings. The van der Waals surface area contributed by atoms with E-state index in [1.54, 1.807) is 0 Å². The van der Waals surface area contributed by atoms with Gasteiger partial charge in [0.25, 0.3) is 10.0 Å². The first-order valence-electron chi connectivity index (χ1n) is 6.21. The molecule has 2 aliphatic rings. The van der Waals surface area contributed by atoms with E-state index < -0.39 is 20.9 Å². The molecule has 6 heteroatoms. The molecule has 4 nitrogen and oxygen atoms in total. The van der Waals surface area contributed by atoms with Gasteiger partial charge in [0.1, 0.15) is 0 Å². The molecule has 2 aliphatic carbocycles. The molecule has 0 unspecified atom stereocenters. The van der Waals surface area contributed by atoms with Gasteiger partial charge in [-0.1, -0.05) is 0 Å². The monoisotopic (exact) mass is 270 g/mol. The molecule has 0 N–H and O–H groups in total. The highest BCUT2D eigenvalue weighted by molar-refractivity contribution is 7.89. The highest BCUT2D eigenvalue weighted by Gasteiger charge is 2.42. The lowest BCUT2D eigenvalue weighted by molar-refractivity contribution is 0.383. The molecule has 0 atom stereocenters. The van der Waals surface area contributed by atoms with Gasteiger partial charge < -0.3 is 0 Å². The number of hydrogen-bond acceptors (Lipinski definition) is 3. The normalized spacial score (nSPS) is 20.3. The van der Waals surface area contributed by atoms with E-state index in [1.807, 2.05) is 0 Å². The van der Waals surface area contributed by atoms with Crippen LogP contribution in [0, 0.1) is 11.7 Å². The highest BCUT2D eigenvalue weighted by atomic mass is 32.2. The summed E-state index contributed by atoms with van der Waals surface area (Å²) in [6.07, 6.45) is 5.21. The Bertz CT molecular complexity index is 553. The molecule has 0 saturated heterocycles. The van der Waals surface area contributed by atoms with Crippen molar-refractivity contribution in [3.63, 3.8) is 0 Å². The van der Waals surface area contributed by atoms with Gasteiger partial charge >= 0.3 is 0 Å². The van der Waals surface area contributed by atoms with Crippen LogP contribution in [0.4, 0.5) is 4.39 Å². The summed E-state index contributed by atoms with van der Waals surface area (Å²) in [6.45, 7) is 0.517. The molecule has 1 aromatic heterocycles. The maximum atomic E-state index is 13.6. The summed E-state index contributed by atoms with van der Waals surface area (Å²) in [6, 6.07) is 2.59. The van der Waals surface area contributed by atoms with Gasteiger partial charge in [-0.2, -0.15) is 4.31 Å². The van der Waals surface area contributed by atoms with Gasteiger partial charge in [-0.15, -0.1) is 0 Å². The molecule has 3 rings (SSSR count). The van der Waals surface area contributed by atoms with Crippen LogP contribution in [0.2, 0.25) is 0 Å². The number of halogens is 1. The van der Waals surface area contributed by atoms with Crippen molar-refractivity contribution in [1.82, 2.24) is 9.29 Å². The lowest BCUT2D eigenvalue weighted by atomic mass is 10.4. The van der Waals surface area contributed by atoms with Crippen molar-refractivity contribution in [2.75, 3.05) is 6.54 Å². The van der Waals surface area contributed by atoms with Crippen LogP contribution in [0.3, 0.4) is 0 Å². The fraction of sp³-hybridized carbons (Fsp3) is 0.583. The first kappa shape index (κ1) is 12.0. The Morgan fingerprint density at radius 2 is 2.06 bits per heavy atom. The van der Waals surface area contributed by atoms with E-state index in [4.69, 9.17) is 0 Å². The van der Waals surface area contributed by atoms with Crippen molar-refractivity contribution in [1.29, 1.82) is 0 Å². The van der Waals surface area contributed by atoms with Crippen LogP contribution in [0.1, 0.15) is 25.7 Å². The topological polar surface area (TPSA) is 50.3 Å². The van der Waals surface area contributed by atoms with E-state index in [2.05, 4.69) is 4.98 Å². The first-order valence-corrected chi connectivity index (χ1v) is 7.65. The summed E-state index contributed by atoms with van der Waals surface area (Å²) in [4.78, 5) is 3.70. The standard InChI is InChI=1S/C12H15FN2O2S/c13-11-2-1-7-14-12(11)18(16,17)15(10-5-6-10)8-9-3-4-9/h1-2,7,9-10H,3-6,8H2. The van der Waals surface area contributed by atoms with E-state index in [0.29, 0.717) is 12.5 Å². The molecular weight excluding hydrogens is 255 g/mol. The maximum absolute atomic E-state index is 13.6. The molecule has 18 heavy (non-hydrogen) atoms. The molecule has 0 aromatic carbocycles. The van der Waals surface area contributed by atoms with Crippen LogP contribution in [0.15, 0.2) is 23.4 Å². The molecule has 2 saturated carbocycles. The summed E-state index contributed by atoms with van der Waals surface area (Å²) in [5.41, 5.74) is 0. The third-order valence-electron chi connectivity index (χ3n) is 3.37. The zero-order chi connectivity index (χ0) is 12.8. The zero-order valence-corrected chi connectivity index (χ0v) is 10.7. The molecule has 0 radical (unpaired) electrons. The van der Waals surface area contributed by atoms with Crippen molar-refractivity contribution in [3.05, 3.63) is 24.1 Å². The summed E-state index contributed by atoms with van der Waals surface area (Å²) >= 11 is 0. The number of aromatic nitrogens is 1. The minimum Gasteiger partial charge on any atom is -0.241 e. The van der Waals surface area contributed by atoms with Gasteiger partial charge in [0, 0.05) is 18.8 Å². The Kier molecular flexibility index (Phi) is 2.86. The number of pyridine rings is 1. The SMILES string of the molecule is O=S(=O)(c1ncccc1F)N(CC1CC1)C1CC1. The minimum absolute atomic E-state index is 0.0528. The number of sulfonamides is 1. The summed E-state index contributed by atoms with van der Waals surface area (Å²) in [5, 5.41) is -0.433. The van der Waals surface area contributed by atoms with Crippen molar-refractivity contribution >= 4 is 10.0 Å². The summed E-state index contributed by atoms with van der Waals surface area (Å²) < 4.78 is 39.9. The van der Waals surface area contributed by atoms with Crippen LogP contribution in [-0.4, -0.2) is 30.3 Å². The quantitative estimate of drug-likeness (QED) is 0.819. The molecule has 0 bridgehead atoms. The van der Waals surface area contributed by atoms with Crippen LogP contribution in [-0.2, 0) is 10.0 Å². The van der Waals surface area contributed by atoms with Gasteiger partial charge in [0.2, 0.25) is 5.03 Å². The van der Waals surface area contributed by atoms with Crippen LogP contribution in [0.5, 0.6) is 0 Å². The van der Waals surface area contributed by atoms with Gasteiger partial charge in [-0.05, 0) is 43.7 Å². The Morgan fingerprint density at radius 1 is 1.33 bits per heavy atom. The number of nitrogens with zero attached hydrogens (tertiary/aromatic N) is 2. The van der Waals surface area contributed by atoms with Gasteiger partial charge in [0.15, 0.2) is 5.82 Å². The van der Waals surface area contributed by atoms with E-state index in [0.717, 1.165) is 31.7 Å². The second-order valence-electron chi connectivity index (χ2n) is 5.04. The van der Waals surface area contributed by atoms with E-state index in [9.17, 15) is 12.8 Å². The fourth-order valence-electron chi connectivity index (χ4n) is 2.03. The maximum Gasteiger partial charge on any atom is 0.263 e. The summed E-state index contributed by atoms with van der Waals surface area (Å²) in [7, 11) is -3.78. The van der Waals surface area contributed by atoms with Crippen LogP contribution < -0.4 is 0 Å². The third-order valence-corrected chi connectivity index (χ3v) is 5.22. The smallest absolute Gasteiger partial charge is 0.241 e. The summed E-state index contributed by atoms with van der Waals surface area (Å²) in [5.74, 6) is -0.314. The third kappa shape index (κ3) is 2.27. The second-order valence-corrected chi connectivity index (χ2v) is 6.85. The number of hydrogen-bond donors (Lipinski definition) is 0. The molecular formula is C12H15FN2O2S. The van der Waals surface area contributed by atoms with Crippen molar-refractivity contribution in [3.8, 4) is 0 Å². The average molecular weight is 270 g/mol. The molecule has 0 spiro atoms. The first-order chi connectivity index (χ1) is 8.59. The van der Waals surface area contributed by atoms with E-state index >= 15 is 0 Å². The Morgan fingerprint density at radius 3 is 2.61 bits per heavy atom. The van der Waals surface area contributed by atoms with Crippen molar-refractivity contribution in [2.45, 2.75) is 36.8 Å². The van der Waals surface area contributed by atoms with Crippen molar-refractivity contribution in [2.24, 2.45) is 5.92 Å². The van der Waals surface area contributed by atoms with Gasteiger partial charge in [0.05, 0.1) is 0 Å². The lowest BCUT2D eigenvalue weighted by Crippen LogP contribution is -2.35. The molecule has 2 fully saturated rings. The predicted molar refractivity (Wildman–Crippen MR) is 63.8 cm³/mol. The molecule has 1 heterocycles. The minimum atomic E-state index is -3.78. The van der Waals surface area contributed by atoms with Crippen LogP contribution in [0.25, 0.3) is 0 Å². The largest absolute Gasteiger partial charge is 0.263 e. The highest BCUT2D eigenvalue weighted by Crippen LogP contribution is 2.37. The van der Waals surface area contributed by atoms with E-state index in [1.165, 1.54) is 16.6 Å².